The van der Waals surface area contributed by atoms with E-state index in [2.05, 4.69) is 6.92 Å². The van der Waals surface area contributed by atoms with E-state index in [4.69, 9.17) is 0 Å². The molecule has 1 aromatic rings. The van der Waals surface area contributed by atoms with Gasteiger partial charge in [0.25, 0.3) is 5.91 Å². The molecule has 1 saturated heterocycles. The van der Waals surface area contributed by atoms with E-state index in [9.17, 15) is 4.79 Å². The summed E-state index contributed by atoms with van der Waals surface area (Å²) in [6, 6.07) is 1.89. The van der Waals surface area contributed by atoms with Crippen LogP contribution in [0.4, 0.5) is 0 Å². The van der Waals surface area contributed by atoms with Crippen LogP contribution in [0.15, 0.2) is 16.8 Å². The molecule has 1 atom stereocenters. The first-order valence-corrected chi connectivity index (χ1v) is 6.23. The normalized spacial score (nSPS) is 22.2. The predicted octanol–water partition coefficient (Wildman–Crippen LogP) is 2.28. The van der Waals surface area contributed by atoms with E-state index in [-0.39, 0.29) is 5.91 Å². The van der Waals surface area contributed by atoms with Gasteiger partial charge in [0.1, 0.15) is 0 Å². The number of thioether (sulfide) groups is 1. The standard InChI is InChI=1S/C9H11NOS2/c1-7-10(3-5-13-7)9(11)8-2-4-12-6-8/h2,4,6-7H,3,5H2,1H3. The molecule has 0 aromatic carbocycles. The van der Waals surface area contributed by atoms with Crippen LogP contribution in [0.1, 0.15) is 17.3 Å². The van der Waals surface area contributed by atoms with Gasteiger partial charge in [-0.15, -0.1) is 11.8 Å². The molecule has 1 unspecified atom stereocenters. The van der Waals surface area contributed by atoms with E-state index in [1.807, 2.05) is 33.5 Å². The molecule has 0 bridgehead atoms. The zero-order valence-corrected chi connectivity index (χ0v) is 9.03. The van der Waals surface area contributed by atoms with E-state index in [1.54, 1.807) is 11.3 Å². The molecule has 1 aliphatic rings. The summed E-state index contributed by atoms with van der Waals surface area (Å²) < 4.78 is 0. The van der Waals surface area contributed by atoms with Crippen LogP contribution in [0.25, 0.3) is 0 Å². The van der Waals surface area contributed by atoms with Crippen LogP contribution in [-0.4, -0.2) is 28.5 Å². The van der Waals surface area contributed by atoms with E-state index in [0.29, 0.717) is 5.37 Å². The van der Waals surface area contributed by atoms with Gasteiger partial charge in [-0.05, 0) is 18.4 Å². The van der Waals surface area contributed by atoms with Gasteiger partial charge < -0.3 is 4.90 Å². The van der Waals surface area contributed by atoms with Crippen molar-refractivity contribution in [1.82, 2.24) is 4.90 Å². The predicted molar refractivity (Wildman–Crippen MR) is 57.3 cm³/mol. The molecule has 2 nitrogen and oxygen atoms in total. The Kier molecular flexibility index (Phi) is 2.60. The molecule has 70 valence electrons. The number of nitrogens with zero attached hydrogens (tertiary/aromatic N) is 1. The van der Waals surface area contributed by atoms with Gasteiger partial charge >= 0.3 is 0 Å². The van der Waals surface area contributed by atoms with Gasteiger partial charge in [0, 0.05) is 17.7 Å². The number of thiophene rings is 1. The summed E-state index contributed by atoms with van der Waals surface area (Å²) in [7, 11) is 0. The number of hydrogen-bond acceptors (Lipinski definition) is 3. The average molecular weight is 213 g/mol. The minimum atomic E-state index is 0.179. The third-order valence-corrected chi connectivity index (χ3v) is 4.00. The molecule has 0 N–H and O–H groups in total. The second-order valence-corrected chi connectivity index (χ2v) is 5.18. The van der Waals surface area contributed by atoms with Crippen LogP contribution < -0.4 is 0 Å². The molecule has 2 rings (SSSR count). The summed E-state index contributed by atoms with van der Waals surface area (Å²) in [6.45, 7) is 2.97. The molecule has 1 aromatic heterocycles. The lowest BCUT2D eigenvalue weighted by Gasteiger charge is -2.19. The van der Waals surface area contributed by atoms with E-state index >= 15 is 0 Å². The van der Waals surface area contributed by atoms with Gasteiger partial charge in [0.2, 0.25) is 0 Å². The average Bonchev–Trinajstić information content (AvgIpc) is 2.72. The monoisotopic (exact) mass is 213 g/mol. The minimum absolute atomic E-state index is 0.179. The largest absolute Gasteiger partial charge is 0.326 e. The molecule has 0 radical (unpaired) electrons. The molecule has 0 aliphatic carbocycles. The first kappa shape index (κ1) is 9.09. The van der Waals surface area contributed by atoms with Gasteiger partial charge in [-0.3, -0.25) is 4.79 Å². The van der Waals surface area contributed by atoms with Crippen molar-refractivity contribution in [2.24, 2.45) is 0 Å². The Balaban J connectivity index is 2.13. The van der Waals surface area contributed by atoms with Gasteiger partial charge in [0.15, 0.2) is 0 Å². The third-order valence-electron chi connectivity index (χ3n) is 2.16. The number of rotatable bonds is 1. The Bertz CT molecular complexity index is 297. The number of carbonyl (C=O) groups is 1. The zero-order chi connectivity index (χ0) is 9.26. The Labute approximate surface area is 85.9 Å². The quantitative estimate of drug-likeness (QED) is 0.713. The van der Waals surface area contributed by atoms with Crippen molar-refractivity contribution in [3.63, 3.8) is 0 Å². The van der Waals surface area contributed by atoms with E-state index in [1.165, 1.54) is 0 Å². The topological polar surface area (TPSA) is 20.3 Å². The molecule has 1 fully saturated rings. The van der Waals surface area contributed by atoms with E-state index in [0.717, 1.165) is 17.9 Å². The Morgan fingerprint density at radius 1 is 1.69 bits per heavy atom. The maximum absolute atomic E-state index is 11.8. The lowest BCUT2D eigenvalue weighted by Crippen LogP contribution is -2.32. The van der Waals surface area contributed by atoms with Crippen molar-refractivity contribution < 1.29 is 4.79 Å². The van der Waals surface area contributed by atoms with Crippen LogP contribution in [0.3, 0.4) is 0 Å². The highest BCUT2D eigenvalue weighted by molar-refractivity contribution is 8.00. The second kappa shape index (κ2) is 3.72. The summed E-state index contributed by atoms with van der Waals surface area (Å²) in [5.74, 6) is 1.25. The molecule has 2 heterocycles. The maximum atomic E-state index is 11.8. The van der Waals surface area contributed by atoms with Crippen LogP contribution in [0.5, 0.6) is 0 Å². The summed E-state index contributed by atoms with van der Waals surface area (Å²) in [4.78, 5) is 13.8. The highest BCUT2D eigenvalue weighted by atomic mass is 32.2. The first-order valence-electron chi connectivity index (χ1n) is 4.24. The summed E-state index contributed by atoms with van der Waals surface area (Å²) in [5, 5.41) is 4.20. The fourth-order valence-electron chi connectivity index (χ4n) is 1.41. The van der Waals surface area contributed by atoms with Crippen molar-refractivity contribution in [2.75, 3.05) is 12.3 Å². The summed E-state index contributed by atoms with van der Waals surface area (Å²) in [6.07, 6.45) is 0. The Morgan fingerprint density at radius 2 is 2.54 bits per heavy atom. The summed E-state index contributed by atoms with van der Waals surface area (Å²) in [5.41, 5.74) is 0.833. The molecule has 1 amide bonds. The minimum Gasteiger partial charge on any atom is -0.326 e. The van der Waals surface area contributed by atoms with Crippen molar-refractivity contribution in [2.45, 2.75) is 12.3 Å². The molecule has 0 saturated carbocycles. The maximum Gasteiger partial charge on any atom is 0.255 e. The van der Waals surface area contributed by atoms with Crippen molar-refractivity contribution in [3.8, 4) is 0 Å². The smallest absolute Gasteiger partial charge is 0.255 e. The van der Waals surface area contributed by atoms with E-state index < -0.39 is 0 Å². The summed E-state index contributed by atoms with van der Waals surface area (Å²) >= 11 is 3.41. The highest BCUT2D eigenvalue weighted by Crippen LogP contribution is 2.25. The van der Waals surface area contributed by atoms with Gasteiger partial charge in [-0.1, -0.05) is 0 Å². The molecular formula is C9H11NOS2. The molecular weight excluding hydrogens is 202 g/mol. The van der Waals surface area contributed by atoms with Crippen LogP contribution in [0.2, 0.25) is 0 Å². The number of hydrogen-bond donors (Lipinski definition) is 0. The molecule has 4 heteroatoms. The molecule has 1 aliphatic heterocycles. The van der Waals surface area contributed by atoms with Crippen LogP contribution >= 0.6 is 23.1 Å². The SMILES string of the molecule is CC1SCCN1C(=O)c1ccsc1. The second-order valence-electron chi connectivity index (χ2n) is 2.98. The van der Waals surface area contributed by atoms with Gasteiger partial charge in [-0.2, -0.15) is 11.3 Å². The molecule has 0 spiro atoms. The Morgan fingerprint density at radius 3 is 3.08 bits per heavy atom. The Hall–Kier alpha value is -0.480. The number of carbonyl (C=O) groups excluding carboxylic acids is 1. The van der Waals surface area contributed by atoms with Gasteiger partial charge in [-0.25, -0.2) is 0 Å². The lowest BCUT2D eigenvalue weighted by atomic mass is 10.3. The fraction of sp³-hybridized carbons (Fsp3) is 0.444. The fourth-order valence-corrected chi connectivity index (χ4v) is 3.07. The third kappa shape index (κ3) is 1.74. The van der Waals surface area contributed by atoms with Crippen molar-refractivity contribution >= 4 is 29.0 Å². The first-order chi connectivity index (χ1) is 6.29. The van der Waals surface area contributed by atoms with Crippen molar-refractivity contribution in [3.05, 3.63) is 22.4 Å². The lowest BCUT2D eigenvalue weighted by molar-refractivity contribution is 0.0769. The highest BCUT2D eigenvalue weighted by Gasteiger charge is 2.26. The zero-order valence-electron chi connectivity index (χ0n) is 7.40. The molecule has 13 heavy (non-hydrogen) atoms. The van der Waals surface area contributed by atoms with Crippen LogP contribution in [0, 0.1) is 0 Å². The van der Waals surface area contributed by atoms with Gasteiger partial charge in [0.05, 0.1) is 10.9 Å². The number of amides is 1. The van der Waals surface area contributed by atoms with Crippen molar-refractivity contribution in [1.29, 1.82) is 0 Å². The van der Waals surface area contributed by atoms with Crippen LogP contribution in [-0.2, 0) is 0 Å².